The highest BCUT2D eigenvalue weighted by Gasteiger charge is 2.35. The Bertz CT molecular complexity index is 333. The van der Waals surface area contributed by atoms with Crippen molar-refractivity contribution in [3.8, 4) is 0 Å². The normalized spacial score (nSPS) is 35.7. The number of nitrogens with one attached hydrogen (secondary N) is 1. The number of rotatable bonds is 5. The van der Waals surface area contributed by atoms with Crippen molar-refractivity contribution in [3.05, 3.63) is 0 Å². The van der Waals surface area contributed by atoms with Gasteiger partial charge in [-0.3, -0.25) is 4.79 Å². The molecule has 19 heavy (non-hydrogen) atoms. The van der Waals surface area contributed by atoms with Gasteiger partial charge in [-0.2, -0.15) is 0 Å². The fraction of sp³-hybridized carbons (Fsp3) is 0.929. The molecular weight excluding hydrogens is 242 g/mol. The number of carbonyl (C=O) groups excluding carboxylic acids is 1. The van der Waals surface area contributed by atoms with Crippen molar-refractivity contribution in [1.29, 1.82) is 0 Å². The third-order valence-corrected chi connectivity index (χ3v) is 4.61. The molecule has 1 unspecified atom stereocenters. The van der Waals surface area contributed by atoms with Crippen LogP contribution in [0.3, 0.4) is 0 Å². The van der Waals surface area contributed by atoms with E-state index in [1.54, 1.807) is 0 Å². The van der Waals surface area contributed by atoms with Gasteiger partial charge in [-0.05, 0) is 44.6 Å². The minimum Gasteiger partial charge on any atom is -0.364 e. The minimum atomic E-state index is -0.269. The molecule has 2 heterocycles. The third-order valence-electron chi connectivity index (χ3n) is 4.61. The fourth-order valence-corrected chi connectivity index (χ4v) is 3.23. The van der Waals surface area contributed by atoms with Gasteiger partial charge in [0.2, 0.25) is 5.91 Å². The van der Waals surface area contributed by atoms with E-state index >= 15 is 0 Å². The molecule has 0 aromatic carbocycles. The molecule has 1 amide bonds. The highest BCUT2D eigenvalue weighted by molar-refractivity contribution is 5.81. The van der Waals surface area contributed by atoms with E-state index < -0.39 is 0 Å². The van der Waals surface area contributed by atoms with Crippen molar-refractivity contribution in [2.45, 2.75) is 50.4 Å². The maximum absolute atomic E-state index is 12.0. The molecule has 2 aliphatic heterocycles. The van der Waals surface area contributed by atoms with Crippen LogP contribution in [0.25, 0.3) is 0 Å². The molecule has 108 valence electrons. The maximum atomic E-state index is 12.0. The molecule has 0 spiro atoms. The molecule has 5 heteroatoms. The van der Waals surface area contributed by atoms with E-state index in [9.17, 15) is 4.79 Å². The van der Waals surface area contributed by atoms with Crippen LogP contribution in [0.2, 0.25) is 0 Å². The van der Waals surface area contributed by atoms with Crippen molar-refractivity contribution in [1.82, 2.24) is 10.2 Å². The zero-order chi connectivity index (χ0) is 13.2. The Hall–Kier alpha value is -0.650. The molecule has 0 radical (unpaired) electrons. The molecule has 3 atom stereocenters. The molecule has 1 saturated carbocycles. The van der Waals surface area contributed by atoms with E-state index in [1.807, 2.05) is 0 Å². The molecule has 5 nitrogen and oxygen atoms in total. The first-order valence-electron chi connectivity index (χ1n) is 7.63. The third kappa shape index (κ3) is 3.27. The van der Waals surface area contributed by atoms with Crippen molar-refractivity contribution < 1.29 is 9.53 Å². The summed E-state index contributed by atoms with van der Waals surface area (Å²) in [5.74, 6) is 0.678. The average Bonchev–Trinajstić information content (AvgIpc) is 2.99. The fourth-order valence-electron chi connectivity index (χ4n) is 3.23. The van der Waals surface area contributed by atoms with Crippen LogP contribution >= 0.6 is 0 Å². The summed E-state index contributed by atoms with van der Waals surface area (Å²) in [7, 11) is 0. The van der Waals surface area contributed by atoms with Crippen molar-refractivity contribution in [2.75, 3.05) is 26.2 Å². The molecule has 0 aromatic heterocycles. The summed E-state index contributed by atoms with van der Waals surface area (Å²) in [4.78, 5) is 14.6. The number of nitrogens with two attached hydrogens (primary N) is 1. The summed E-state index contributed by atoms with van der Waals surface area (Å²) in [5, 5.41) is 3.06. The lowest BCUT2D eigenvalue weighted by Crippen LogP contribution is -2.38. The van der Waals surface area contributed by atoms with Gasteiger partial charge in [0.25, 0.3) is 0 Å². The number of amides is 1. The lowest BCUT2D eigenvalue weighted by Gasteiger charge is -2.17. The molecule has 1 aliphatic carbocycles. The Balaban J connectivity index is 1.36. The Labute approximate surface area is 114 Å². The number of nitrogens with zero attached hydrogens (tertiary/aromatic N) is 1. The van der Waals surface area contributed by atoms with E-state index in [4.69, 9.17) is 10.5 Å². The second kappa shape index (κ2) is 5.77. The first-order valence-corrected chi connectivity index (χ1v) is 7.63. The molecule has 0 aromatic rings. The van der Waals surface area contributed by atoms with Gasteiger partial charge in [0.15, 0.2) is 0 Å². The van der Waals surface area contributed by atoms with Gasteiger partial charge in [-0.1, -0.05) is 0 Å². The van der Waals surface area contributed by atoms with Crippen LogP contribution in [0.5, 0.6) is 0 Å². The molecule has 0 bridgehead atoms. The lowest BCUT2D eigenvalue weighted by molar-refractivity contribution is -0.132. The zero-order valence-corrected chi connectivity index (χ0v) is 11.5. The average molecular weight is 267 g/mol. The maximum Gasteiger partial charge on any atom is 0.249 e. The lowest BCUT2D eigenvalue weighted by atomic mass is 10.1. The van der Waals surface area contributed by atoms with Crippen molar-refractivity contribution >= 4 is 5.91 Å². The second-order valence-electron chi connectivity index (χ2n) is 6.19. The van der Waals surface area contributed by atoms with Gasteiger partial charge in [0, 0.05) is 25.7 Å². The predicted octanol–water partition coefficient (Wildman–Crippen LogP) is 0.0932. The SMILES string of the molecule is NC[C@H]1CC[C@@H](C(=O)NCC2CCN(C3CC3)C2)O1. The van der Waals surface area contributed by atoms with E-state index in [-0.39, 0.29) is 18.1 Å². The molecule has 3 aliphatic rings. The topological polar surface area (TPSA) is 67.6 Å². The standard InChI is InChI=1S/C14H25N3O2/c15-7-12-3-4-13(19-12)14(18)16-8-10-5-6-17(9-10)11-1-2-11/h10-13H,1-9,15H2,(H,16,18)/t10?,12-,13+/m1/s1. The van der Waals surface area contributed by atoms with Gasteiger partial charge in [-0.15, -0.1) is 0 Å². The van der Waals surface area contributed by atoms with Crippen LogP contribution in [0.1, 0.15) is 32.1 Å². The highest BCUT2D eigenvalue weighted by atomic mass is 16.5. The molecule has 3 rings (SSSR count). The molecule has 3 fully saturated rings. The van der Waals surface area contributed by atoms with E-state index in [0.29, 0.717) is 12.5 Å². The number of hydrogen-bond donors (Lipinski definition) is 2. The number of likely N-dealkylation sites (tertiary alicyclic amines) is 1. The second-order valence-corrected chi connectivity index (χ2v) is 6.19. The van der Waals surface area contributed by atoms with Crippen LogP contribution in [0, 0.1) is 5.92 Å². The Morgan fingerprint density at radius 2 is 2.11 bits per heavy atom. The summed E-state index contributed by atoms with van der Waals surface area (Å²) in [6.45, 7) is 3.68. The summed E-state index contributed by atoms with van der Waals surface area (Å²) in [6.07, 6.45) is 5.49. The van der Waals surface area contributed by atoms with Gasteiger partial charge in [-0.25, -0.2) is 0 Å². The van der Waals surface area contributed by atoms with Crippen LogP contribution in [-0.2, 0) is 9.53 Å². The summed E-state index contributed by atoms with van der Waals surface area (Å²) in [5.41, 5.74) is 5.56. The Morgan fingerprint density at radius 3 is 2.79 bits per heavy atom. The first-order chi connectivity index (χ1) is 9.26. The number of ether oxygens (including phenoxy) is 1. The molecule has 3 N–H and O–H groups in total. The monoisotopic (exact) mass is 267 g/mol. The summed E-state index contributed by atoms with van der Waals surface area (Å²) < 4.78 is 5.61. The number of hydrogen-bond acceptors (Lipinski definition) is 4. The van der Waals surface area contributed by atoms with Crippen LogP contribution in [-0.4, -0.2) is 55.2 Å². The van der Waals surface area contributed by atoms with Crippen molar-refractivity contribution in [3.63, 3.8) is 0 Å². The van der Waals surface area contributed by atoms with Crippen molar-refractivity contribution in [2.24, 2.45) is 11.7 Å². The highest BCUT2D eigenvalue weighted by Crippen LogP contribution is 2.31. The van der Waals surface area contributed by atoms with Crippen LogP contribution in [0.4, 0.5) is 0 Å². The van der Waals surface area contributed by atoms with E-state index in [1.165, 1.54) is 25.8 Å². The van der Waals surface area contributed by atoms with Crippen LogP contribution in [0.15, 0.2) is 0 Å². The summed E-state index contributed by atoms with van der Waals surface area (Å²) >= 11 is 0. The molecular formula is C14H25N3O2. The van der Waals surface area contributed by atoms with Gasteiger partial charge in [0.1, 0.15) is 6.10 Å². The minimum absolute atomic E-state index is 0.0563. The van der Waals surface area contributed by atoms with Gasteiger partial charge < -0.3 is 20.7 Å². The Morgan fingerprint density at radius 1 is 1.26 bits per heavy atom. The summed E-state index contributed by atoms with van der Waals surface area (Å²) in [6, 6.07) is 0.851. The quantitative estimate of drug-likeness (QED) is 0.741. The first kappa shape index (κ1) is 13.3. The van der Waals surface area contributed by atoms with E-state index in [0.717, 1.165) is 32.0 Å². The zero-order valence-electron chi connectivity index (χ0n) is 11.5. The number of carbonyl (C=O) groups is 1. The van der Waals surface area contributed by atoms with E-state index in [2.05, 4.69) is 10.2 Å². The largest absolute Gasteiger partial charge is 0.364 e. The van der Waals surface area contributed by atoms with Gasteiger partial charge in [0.05, 0.1) is 6.10 Å². The smallest absolute Gasteiger partial charge is 0.249 e. The molecule has 2 saturated heterocycles. The Kier molecular flexibility index (Phi) is 4.05. The van der Waals surface area contributed by atoms with Gasteiger partial charge >= 0.3 is 0 Å². The van der Waals surface area contributed by atoms with Crippen LogP contribution < -0.4 is 11.1 Å². The predicted molar refractivity (Wildman–Crippen MR) is 72.7 cm³/mol.